The SMILES string of the molecule is Cc1onc(-c2c(F)cccc2Cl)c1C(=O)N1CCC(NC(=O)c2cccnc2)CC1. The van der Waals surface area contributed by atoms with Crippen LogP contribution in [0.25, 0.3) is 11.3 Å². The molecule has 0 bridgehead atoms. The summed E-state index contributed by atoms with van der Waals surface area (Å²) in [6.07, 6.45) is 4.31. The van der Waals surface area contributed by atoms with Gasteiger partial charge in [-0.2, -0.15) is 0 Å². The highest BCUT2D eigenvalue weighted by Crippen LogP contribution is 2.34. The van der Waals surface area contributed by atoms with Crippen molar-refractivity contribution in [2.24, 2.45) is 0 Å². The third-order valence-electron chi connectivity index (χ3n) is 5.32. The van der Waals surface area contributed by atoms with Gasteiger partial charge in [0.15, 0.2) is 0 Å². The summed E-state index contributed by atoms with van der Waals surface area (Å²) in [4.78, 5) is 31.1. The third-order valence-corrected chi connectivity index (χ3v) is 5.63. The van der Waals surface area contributed by atoms with Crippen molar-refractivity contribution >= 4 is 23.4 Å². The molecule has 0 atom stereocenters. The number of nitrogens with zero attached hydrogens (tertiary/aromatic N) is 3. The van der Waals surface area contributed by atoms with E-state index in [4.69, 9.17) is 16.1 Å². The van der Waals surface area contributed by atoms with E-state index >= 15 is 0 Å². The zero-order chi connectivity index (χ0) is 22.0. The lowest BCUT2D eigenvalue weighted by Crippen LogP contribution is -2.46. The van der Waals surface area contributed by atoms with Crippen molar-refractivity contribution in [1.29, 1.82) is 0 Å². The molecule has 1 saturated heterocycles. The Morgan fingerprint density at radius 3 is 2.68 bits per heavy atom. The van der Waals surface area contributed by atoms with Crippen LogP contribution in [-0.2, 0) is 0 Å². The normalized spacial score (nSPS) is 14.5. The van der Waals surface area contributed by atoms with E-state index < -0.39 is 5.82 Å². The zero-order valence-electron chi connectivity index (χ0n) is 16.8. The number of carbonyl (C=O) groups excluding carboxylic acids is 2. The first-order chi connectivity index (χ1) is 15.0. The number of benzene rings is 1. The van der Waals surface area contributed by atoms with Gasteiger partial charge in [0, 0.05) is 31.5 Å². The molecule has 3 heterocycles. The van der Waals surface area contributed by atoms with Crippen molar-refractivity contribution in [3.8, 4) is 11.3 Å². The van der Waals surface area contributed by atoms with E-state index in [0.29, 0.717) is 37.3 Å². The van der Waals surface area contributed by atoms with Crippen LogP contribution < -0.4 is 5.32 Å². The first kappa shape index (κ1) is 21.0. The average Bonchev–Trinajstić information content (AvgIpc) is 3.15. The Labute approximate surface area is 183 Å². The summed E-state index contributed by atoms with van der Waals surface area (Å²) in [5.74, 6) is -0.771. The van der Waals surface area contributed by atoms with Crippen molar-refractivity contribution in [2.75, 3.05) is 13.1 Å². The summed E-state index contributed by atoms with van der Waals surface area (Å²) in [5.41, 5.74) is 0.831. The molecule has 0 unspecified atom stereocenters. The number of halogens is 2. The number of hydrogen-bond donors (Lipinski definition) is 1. The Kier molecular flexibility index (Phi) is 5.99. The van der Waals surface area contributed by atoms with Crippen molar-refractivity contribution < 1.29 is 18.5 Å². The largest absolute Gasteiger partial charge is 0.360 e. The molecule has 1 fully saturated rings. The Morgan fingerprint density at radius 1 is 1.23 bits per heavy atom. The van der Waals surface area contributed by atoms with Crippen LogP contribution in [0.1, 0.15) is 39.3 Å². The minimum atomic E-state index is -0.577. The average molecular weight is 443 g/mol. The van der Waals surface area contributed by atoms with E-state index in [9.17, 15) is 14.0 Å². The van der Waals surface area contributed by atoms with Gasteiger partial charge in [-0.15, -0.1) is 0 Å². The van der Waals surface area contributed by atoms with Gasteiger partial charge in [-0.05, 0) is 44.0 Å². The second-order valence-corrected chi connectivity index (χ2v) is 7.75. The molecule has 4 rings (SSSR count). The van der Waals surface area contributed by atoms with E-state index in [0.717, 1.165) is 0 Å². The monoisotopic (exact) mass is 442 g/mol. The molecule has 31 heavy (non-hydrogen) atoms. The molecule has 1 aromatic carbocycles. The van der Waals surface area contributed by atoms with Gasteiger partial charge >= 0.3 is 0 Å². The molecular weight excluding hydrogens is 423 g/mol. The maximum atomic E-state index is 14.4. The highest BCUT2D eigenvalue weighted by atomic mass is 35.5. The van der Waals surface area contributed by atoms with E-state index in [1.54, 1.807) is 30.2 Å². The smallest absolute Gasteiger partial charge is 0.259 e. The molecule has 0 spiro atoms. The van der Waals surface area contributed by atoms with E-state index in [1.165, 1.54) is 24.4 Å². The number of carbonyl (C=O) groups is 2. The molecule has 9 heteroatoms. The van der Waals surface area contributed by atoms with Gasteiger partial charge in [-0.25, -0.2) is 4.39 Å². The molecule has 0 radical (unpaired) electrons. The molecule has 1 N–H and O–H groups in total. The summed E-state index contributed by atoms with van der Waals surface area (Å²) in [5, 5.41) is 7.03. The predicted octanol–water partition coefficient (Wildman–Crippen LogP) is 3.87. The highest BCUT2D eigenvalue weighted by molar-refractivity contribution is 6.33. The van der Waals surface area contributed by atoms with Crippen LogP contribution in [-0.4, -0.2) is 46.0 Å². The van der Waals surface area contributed by atoms with Gasteiger partial charge in [-0.3, -0.25) is 14.6 Å². The standard InChI is InChI=1S/C22H20ClFN4O3/c1-13-18(20(27-31-13)19-16(23)5-2-6-17(19)24)22(30)28-10-7-15(8-11-28)26-21(29)14-4-3-9-25-12-14/h2-6,9,12,15H,7-8,10-11H2,1H3,(H,26,29). The molecule has 160 valence electrons. The summed E-state index contributed by atoms with van der Waals surface area (Å²) in [6.45, 7) is 2.48. The fourth-order valence-electron chi connectivity index (χ4n) is 3.67. The van der Waals surface area contributed by atoms with Crippen LogP contribution >= 0.6 is 11.6 Å². The van der Waals surface area contributed by atoms with Gasteiger partial charge in [0.25, 0.3) is 11.8 Å². The number of piperidine rings is 1. The van der Waals surface area contributed by atoms with Crippen molar-refractivity contribution in [3.05, 3.63) is 70.5 Å². The fourth-order valence-corrected chi connectivity index (χ4v) is 3.92. The highest BCUT2D eigenvalue weighted by Gasteiger charge is 2.31. The molecule has 0 saturated carbocycles. The van der Waals surface area contributed by atoms with Crippen molar-refractivity contribution in [3.63, 3.8) is 0 Å². The van der Waals surface area contributed by atoms with Crippen LogP contribution in [0.5, 0.6) is 0 Å². The van der Waals surface area contributed by atoms with Gasteiger partial charge in [0.1, 0.15) is 22.8 Å². The van der Waals surface area contributed by atoms with Gasteiger partial charge in [-0.1, -0.05) is 22.8 Å². The van der Waals surface area contributed by atoms with E-state index in [-0.39, 0.29) is 39.7 Å². The lowest BCUT2D eigenvalue weighted by atomic mass is 10.0. The lowest BCUT2D eigenvalue weighted by Gasteiger charge is -2.32. The summed E-state index contributed by atoms with van der Waals surface area (Å²) >= 11 is 6.16. The number of rotatable bonds is 4. The summed E-state index contributed by atoms with van der Waals surface area (Å²) in [7, 11) is 0. The topological polar surface area (TPSA) is 88.3 Å². The Bertz CT molecular complexity index is 1090. The van der Waals surface area contributed by atoms with Crippen LogP contribution in [0.2, 0.25) is 5.02 Å². The zero-order valence-corrected chi connectivity index (χ0v) is 17.5. The second-order valence-electron chi connectivity index (χ2n) is 7.34. The van der Waals surface area contributed by atoms with Gasteiger partial charge < -0.3 is 14.7 Å². The minimum Gasteiger partial charge on any atom is -0.360 e. The maximum absolute atomic E-state index is 14.4. The number of likely N-dealkylation sites (tertiary alicyclic amines) is 1. The molecule has 0 aliphatic carbocycles. The van der Waals surface area contributed by atoms with E-state index in [2.05, 4.69) is 15.5 Å². The number of aromatic nitrogens is 2. The summed E-state index contributed by atoms with van der Waals surface area (Å²) in [6, 6.07) is 7.63. The maximum Gasteiger partial charge on any atom is 0.259 e. The number of hydrogen-bond acceptors (Lipinski definition) is 5. The first-order valence-electron chi connectivity index (χ1n) is 9.86. The van der Waals surface area contributed by atoms with Gasteiger partial charge in [0.2, 0.25) is 0 Å². The van der Waals surface area contributed by atoms with Crippen molar-refractivity contribution in [2.45, 2.75) is 25.8 Å². The quantitative estimate of drug-likeness (QED) is 0.662. The Balaban J connectivity index is 1.46. The van der Waals surface area contributed by atoms with Crippen LogP contribution in [0.15, 0.2) is 47.2 Å². The number of nitrogens with one attached hydrogen (secondary N) is 1. The summed E-state index contributed by atoms with van der Waals surface area (Å²) < 4.78 is 19.6. The fraction of sp³-hybridized carbons (Fsp3) is 0.273. The van der Waals surface area contributed by atoms with Crippen LogP contribution in [0, 0.1) is 12.7 Å². The van der Waals surface area contributed by atoms with Crippen LogP contribution in [0.4, 0.5) is 4.39 Å². The van der Waals surface area contributed by atoms with Gasteiger partial charge in [0.05, 0.1) is 16.1 Å². The number of aryl methyl sites for hydroxylation is 1. The molecule has 2 aromatic heterocycles. The first-order valence-corrected chi connectivity index (χ1v) is 10.2. The third kappa shape index (κ3) is 4.29. The molecule has 1 aliphatic rings. The molecule has 1 aliphatic heterocycles. The molecule has 7 nitrogen and oxygen atoms in total. The Hall–Kier alpha value is -3.26. The van der Waals surface area contributed by atoms with Crippen LogP contribution in [0.3, 0.4) is 0 Å². The number of pyridine rings is 1. The molecule has 3 aromatic rings. The second kappa shape index (κ2) is 8.85. The lowest BCUT2D eigenvalue weighted by molar-refractivity contribution is 0.0697. The number of amides is 2. The van der Waals surface area contributed by atoms with Crippen molar-refractivity contribution in [1.82, 2.24) is 20.4 Å². The molecular formula is C22H20ClFN4O3. The van der Waals surface area contributed by atoms with E-state index in [1.807, 2.05) is 0 Å². The predicted molar refractivity (Wildman–Crippen MR) is 112 cm³/mol. The Morgan fingerprint density at radius 2 is 2.00 bits per heavy atom. The minimum absolute atomic E-state index is 0.0444. The molecule has 2 amide bonds.